The van der Waals surface area contributed by atoms with E-state index >= 15 is 0 Å². The molecule has 37 heavy (non-hydrogen) atoms. The number of anilines is 1. The molecule has 4 rings (SSSR count). The quantitative estimate of drug-likeness (QED) is 0.173. The van der Waals surface area contributed by atoms with Gasteiger partial charge in [0.25, 0.3) is 11.7 Å². The predicted molar refractivity (Wildman–Crippen MR) is 141 cm³/mol. The van der Waals surface area contributed by atoms with Crippen LogP contribution < -0.4 is 9.64 Å². The average Bonchev–Trinajstić information content (AvgIpc) is 3.13. The largest absolute Gasteiger partial charge is 0.507 e. The normalized spacial score (nSPS) is 16.8. The second-order valence-electron chi connectivity index (χ2n) is 8.55. The van der Waals surface area contributed by atoms with Crippen molar-refractivity contribution in [2.45, 2.75) is 26.0 Å². The topological polar surface area (TPSA) is 93.1 Å². The van der Waals surface area contributed by atoms with Gasteiger partial charge in [0, 0.05) is 10.7 Å². The van der Waals surface area contributed by atoms with Gasteiger partial charge in [-0.25, -0.2) is 4.79 Å². The number of nitrogens with zero attached hydrogens (tertiary/aromatic N) is 1. The van der Waals surface area contributed by atoms with E-state index in [0.29, 0.717) is 5.56 Å². The molecule has 7 nitrogen and oxygen atoms in total. The second-order valence-corrected chi connectivity index (χ2v) is 9.40. The van der Waals surface area contributed by atoms with E-state index in [-0.39, 0.29) is 44.3 Å². The van der Waals surface area contributed by atoms with Crippen LogP contribution in [0.3, 0.4) is 0 Å². The van der Waals surface area contributed by atoms with Gasteiger partial charge in [0.15, 0.2) is 0 Å². The molecule has 3 aromatic carbocycles. The molecular formula is C28H23Cl2NO6. The highest BCUT2D eigenvalue weighted by Crippen LogP contribution is 2.45. The lowest BCUT2D eigenvalue weighted by atomic mass is 9.94. The molecule has 1 N–H and O–H groups in total. The molecule has 1 fully saturated rings. The molecule has 1 saturated heterocycles. The van der Waals surface area contributed by atoms with Crippen molar-refractivity contribution in [1.82, 2.24) is 0 Å². The number of amides is 1. The van der Waals surface area contributed by atoms with Crippen LogP contribution in [0.4, 0.5) is 5.69 Å². The summed E-state index contributed by atoms with van der Waals surface area (Å²) in [4.78, 5) is 40.6. The number of aliphatic hydroxyl groups is 1. The van der Waals surface area contributed by atoms with E-state index in [1.54, 1.807) is 62.4 Å². The number of methoxy groups -OCH3 is 1. The van der Waals surface area contributed by atoms with E-state index in [1.165, 1.54) is 30.2 Å². The SMILES string of the molecule is COc1c(Cl)cc(Cl)cc1/C(O)=C1\C(=O)C(=O)N(c2cccc(C(=O)OC(C)C)c2)C1c1ccccc1. The summed E-state index contributed by atoms with van der Waals surface area (Å²) < 4.78 is 10.6. The Hall–Kier alpha value is -3.81. The highest BCUT2D eigenvalue weighted by Gasteiger charge is 2.47. The van der Waals surface area contributed by atoms with Crippen LogP contribution in [-0.4, -0.2) is 36.0 Å². The van der Waals surface area contributed by atoms with Gasteiger partial charge in [-0.05, 0) is 49.7 Å². The fraction of sp³-hybridized carbons (Fsp3) is 0.179. The predicted octanol–water partition coefficient (Wildman–Crippen LogP) is 6.19. The van der Waals surface area contributed by atoms with Crippen molar-refractivity contribution in [3.8, 4) is 5.75 Å². The van der Waals surface area contributed by atoms with Crippen molar-refractivity contribution in [2.24, 2.45) is 0 Å². The number of hydrogen-bond donors (Lipinski definition) is 1. The summed E-state index contributed by atoms with van der Waals surface area (Å²) >= 11 is 12.4. The minimum atomic E-state index is -1.01. The first kappa shape index (κ1) is 26.3. The summed E-state index contributed by atoms with van der Waals surface area (Å²) in [6.07, 6.45) is -0.339. The van der Waals surface area contributed by atoms with E-state index < -0.39 is 29.5 Å². The number of ketones is 1. The summed E-state index contributed by atoms with van der Waals surface area (Å²) in [5, 5.41) is 11.7. The van der Waals surface area contributed by atoms with Crippen molar-refractivity contribution in [3.63, 3.8) is 0 Å². The first-order chi connectivity index (χ1) is 17.6. The van der Waals surface area contributed by atoms with E-state index in [1.807, 2.05) is 0 Å². The van der Waals surface area contributed by atoms with Crippen LogP contribution in [0.15, 0.2) is 72.3 Å². The van der Waals surface area contributed by atoms with Crippen LogP contribution in [0.25, 0.3) is 5.76 Å². The molecule has 0 spiro atoms. The number of esters is 1. The monoisotopic (exact) mass is 539 g/mol. The van der Waals surface area contributed by atoms with E-state index in [4.69, 9.17) is 32.7 Å². The van der Waals surface area contributed by atoms with Gasteiger partial charge in [-0.15, -0.1) is 0 Å². The second kappa shape index (κ2) is 10.7. The van der Waals surface area contributed by atoms with Gasteiger partial charge in [0.2, 0.25) is 0 Å². The van der Waals surface area contributed by atoms with Crippen LogP contribution in [-0.2, 0) is 14.3 Å². The number of carbonyl (C=O) groups excluding carboxylic acids is 3. The Morgan fingerprint density at radius 1 is 1.00 bits per heavy atom. The fourth-order valence-electron chi connectivity index (χ4n) is 4.20. The first-order valence-electron chi connectivity index (χ1n) is 11.3. The third kappa shape index (κ3) is 5.05. The molecule has 0 aliphatic carbocycles. The van der Waals surface area contributed by atoms with Gasteiger partial charge in [0.05, 0.1) is 41.0 Å². The number of benzene rings is 3. The molecular weight excluding hydrogens is 517 g/mol. The lowest BCUT2D eigenvalue weighted by molar-refractivity contribution is -0.132. The maximum atomic E-state index is 13.4. The lowest BCUT2D eigenvalue weighted by Crippen LogP contribution is -2.29. The maximum absolute atomic E-state index is 13.4. The number of rotatable bonds is 6. The molecule has 9 heteroatoms. The Morgan fingerprint density at radius 3 is 2.35 bits per heavy atom. The van der Waals surface area contributed by atoms with Gasteiger partial charge < -0.3 is 14.6 Å². The van der Waals surface area contributed by atoms with Crippen molar-refractivity contribution in [1.29, 1.82) is 0 Å². The van der Waals surface area contributed by atoms with Crippen LogP contribution in [0.5, 0.6) is 5.75 Å². The maximum Gasteiger partial charge on any atom is 0.338 e. The van der Waals surface area contributed by atoms with E-state index in [9.17, 15) is 19.5 Å². The highest BCUT2D eigenvalue weighted by atomic mass is 35.5. The number of aliphatic hydroxyl groups excluding tert-OH is 1. The van der Waals surface area contributed by atoms with Gasteiger partial charge in [-0.1, -0.05) is 59.6 Å². The van der Waals surface area contributed by atoms with Crippen molar-refractivity contribution in [3.05, 3.63) is 99.0 Å². The molecule has 1 heterocycles. The van der Waals surface area contributed by atoms with Crippen molar-refractivity contribution >= 4 is 52.3 Å². The van der Waals surface area contributed by atoms with Gasteiger partial charge >= 0.3 is 5.97 Å². The third-order valence-electron chi connectivity index (χ3n) is 5.73. The van der Waals surface area contributed by atoms with Gasteiger partial charge in [-0.3, -0.25) is 14.5 Å². The number of hydrogen-bond acceptors (Lipinski definition) is 6. The zero-order valence-corrected chi connectivity index (χ0v) is 21.7. The standard InChI is InChI=1S/C28H23Cl2NO6/c1-15(2)37-28(35)17-10-7-11-19(12-17)31-23(16-8-5-4-6-9-16)22(25(33)27(31)34)24(32)20-13-18(29)14-21(30)26(20)36-3/h4-15,23,32H,1-3H3/b24-22+. The van der Waals surface area contributed by atoms with Gasteiger partial charge in [-0.2, -0.15) is 0 Å². The minimum absolute atomic E-state index is 0.0631. The van der Waals surface area contributed by atoms with Crippen LogP contribution >= 0.6 is 23.2 Å². The number of carbonyl (C=O) groups is 3. The molecule has 0 aromatic heterocycles. The van der Waals surface area contributed by atoms with E-state index in [0.717, 1.165) is 0 Å². The van der Waals surface area contributed by atoms with Gasteiger partial charge in [0.1, 0.15) is 11.5 Å². The fourth-order valence-corrected chi connectivity index (χ4v) is 4.77. The number of ether oxygens (including phenoxy) is 2. The summed E-state index contributed by atoms with van der Waals surface area (Å²) in [6.45, 7) is 3.46. The van der Waals surface area contributed by atoms with Crippen LogP contribution in [0, 0.1) is 0 Å². The molecule has 0 saturated carbocycles. The lowest BCUT2D eigenvalue weighted by Gasteiger charge is -2.26. The molecule has 1 aliphatic rings. The summed E-state index contributed by atoms with van der Waals surface area (Å²) in [5.41, 5.74) is 0.939. The average molecular weight is 540 g/mol. The summed E-state index contributed by atoms with van der Waals surface area (Å²) in [7, 11) is 1.36. The van der Waals surface area contributed by atoms with Crippen LogP contribution in [0.2, 0.25) is 10.0 Å². The van der Waals surface area contributed by atoms with E-state index in [2.05, 4.69) is 0 Å². The summed E-state index contributed by atoms with van der Waals surface area (Å²) in [5.74, 6) is -2.76. The molecule has 3 aromatic rings. The molecule has 0 bridgehead atoms. The zero-order chi connectivity index (χ0) is 26.9. The zero-order valence-electron chi connectivity index (χ0n) is 20.2. The third-order valence-corrected chi connectivity index (χ3v) is 6.23. The van der Waals surface area contributed by atoms with Crippen LogP contribution in [0.1, 0.15) is 41.4 Å². The number of Topliss-reactive ketones (excluding diaryl/α,β-unsaturated/α-hetero) is 1. The molecule has 1 amide bonds. The number of halogens is 2. The summed E-state index contributed by atoms with van der Waals surface area (Å²) in [6, 6.07) is 16.8. The Morgan fingerprint density at radius 2 is 1.70 bits per heavy atom. The smallest absolute Gasteiger partial charge is 0.338 e. The Labute approximate surface area is 223 Å². The minimum Gasteiger partial charge on any atom is -0.507 e. The Balaban J connectivity index is 1.94. The molecule has 0 radical (unpaired) electrons. The molecule has 1 unspecified atom stereocenters. The van der Waals surface area contributed by atoms with Crippen molar-refractivity contribution < 1.29 is 29.0 Å². The molecule has 1 aliphatic heterocycles. The first-order valence-corrected chi connectivity index (χ1v) is 12.1. The Bertz CT molecular complexity index is 1420. The molecule has 1 atom stereocenters. The highest BCUT2D eigenvalue weighted by molar-refractivity contribution is 6.52. The molecule has 190 valence electrons. The van der Waals surface area contributed by atoms with Crippen molar-refractivity contribution in [2.75, 3.05) is 12.0 Å². The Kier molecular flexibility index (Phi) is 7.57.